The highest BCUT2D eigenvalue weighted by molar-refractivity contribution is 6.33. The molecule has 2 N–H and O–H groups in total. The van der Waals surface area contributed by atoms with Crippen LogP contribution >= 0.6 is 11.6 Å². The van der Waals surface area contributed by atoms with Crippen LogP contribution in [-0.2, 0) is 4.79 Å². The van der Waals surface area contributed by atoms with Crippen LogP contribution in [0.1, 0.15) is 26.2 Å². The van der Waals surface area contributed by atoms with Crippen molar-refractivity contribution in [1.29, 1.82) is 0 Å². The molecule has 1 aliphatic rings. The number of hydrogen-bond acceptors (Lipinski definition) is 2. The van der Waals surface area contributed by atoms with E-state index in [2.05, 4.69) is 5.32 Å². The summed E-state index contributed by atoms with van der Waals surface area (Å²) in [6, 6.07) is 6.47. The Hall–Kier alpha value is -1.75. The fourth-order valence-electron chi connectivity index (χ4n) is 2.66. The first-order valence-corrected chi connectivity index (χ1v) is 6.95. The molecule has 20 heavy (non-hydrogen) atoms. The van der Waals surface area contributed by atoms with Crippen LogP contribution in [0.5, 0.6) is 0 Å². The lowest BCUT2D eigenvalue weighted by atomic mass is 9.93. The number of carboxylic acid groups (broad SMARTS) is 1. The maximum absolute atomic E-state index is 12.3. The minimum Gasteiger partial charge on any atom is -0.479 e. The average molecular weight is 297 g/mol. The number of nitrogens with zero attached hydrogens (tertiary/aromatic N) is 1. The fourth-order valence-corrected chi connectivity index (χ4v) is 2.84. The largest absolute Gasteiger partial charge is 0.479 e. The monoisotopic (exact) mass is 296 g/mol. The van der Waals surface area contributed by atoms with Crippen molar-refractivity contribution in [2.45, 2.75) is 31.7 Å². The normalized spacial score (nSPS) is 21.8. The third-order valence-electron chi connectivity index (χ3n) is 3.83. The van der Waals surface area contributed by atoms with Gasteiger partial charge in [0.05, 0.1) is 10.7 Å². The third kappa shape index (κ3) is 2.45. The van der Waals surface area contributed by atoms with E-state index in [4.69, 9.17) is 11.6 Å². The van der Waals surface area contributed by atoms with Gasteiger partial charge in [0.15, 0.2) is 0 Å². The van der Waals surface area contributed by atoms with E-state index in [-0.39, 0.29) is 0 Å². The molecule has 0 spiro atoms. The predicted molar refractivity (Wildman–Crippen MR) is 77.1 cm³/mol. The molecule has 1 aromatic rings. The predicted octanol–water partition coefficient (Wildman–Crippen LogP) is 3.20. The summed E-state index contributed by atoms with van der Waals surface area (Å²) < 4.78 is 0. The van der Waals surface area contributed by atoms with Crippen molar-refractivity contribution >= 4 is 29.3 Å². The van der Waals surface area contributed by atoms with Crippen molar-refractivity contribution in [3.63, 3.8) is 0 Å². The number of para-hydroxylation sites is 1. The summed E-state index contributed by atoms with van der Waals surface area (Å²) in [5, 5.41) is 12.6. The summed E-state index contributed by atoms with van der Waals surface area (Å²) >= 11 is 5.99. The van der Waals surface area contributed by atoms with E-state index < -0.39 is 17.5 Å². The van der Waals surface area contributed by atoms with Crippen molar-refractivity contribution < 1.29 is 14.7 Å². The Kier molecular flexibility index (Phi) is 4.18. The molecule has 2 rings (SSSR count). The number of anilines is 1. The second-order valence-corrected chi connectivity index (χ2v) is 5.26. The molecular weight excluding hydrogens is 280 g/mol. The molecule has 1 atom stereocenters. The Bertz CT molecular complexity index is 535. The maximum atomic E-state index is 12.3. The van der Waals surface area contributed by atoms with Crippen LogP contribution < -0.4 is 5.32 Å². The van der Waals surface area contributed by atoms with Crippen molar-refractivity contribution in [2.75, 3.05) is 11.9 Å². The van der Waals surface area contributed by atoms with Crippen LogP contribution in [0.25, 0.3) is 0 Å². The van der Waals surface area contributed by atoms with Crippen LogP contribution in [0.3, 0.4) is 0 Å². The molecule has 0 radical (unpaired) electrons. The summed E-state index contributed by atoms with van der Waals surface area (Å²) in [6.07, 6.45) is 1.56. The smallest absolute Gasteiger partial charge is 0.329 e. The molecule has 1 aromatic carbocycles. The zero-order chi connectivity index (χ0) is 14.8. The van der Waals surface area contributed by atoms with Gasteiger partial charge in [-0.25, -0.2) is 9.59 Å². The molecule has 6 heteroatoms. The van der Waals surface area contributed by atoms with Crippen molar-refractivity contribution in [1.82, 2.24) is 4.90 Å². The van der Waals surface area contributed by atoms with E-state index in [0.29, 0.717) is 36.5 Å². The zero-order valence-electron chi connectivity index (χ0n) is 11.2. The van der Waals surface area contributed by atoms with Gasteiger partial charge >= 0.3 is 12.0 Å². The molecule has 0 aliphatic carbocycles. The number of amides is 2. The standard InChI is InChI=1S/C14H17ClN2O3/c1-2-14(12(18)19)8-5-9-17(14)13(20)16-11-7-4-3-6-10(11)15/h3-4,6-7H,2,5,8-9H2,1H3,(H,16,20)(H,18,19). The average Bonchev–Trinajstić information content (AvgIpc) is 2.86. The Morgan fingerprint density at radius 1 is 1.45 bits per heavy atom. The number of urea groups is 1. The molecule has 0 bridgehead atoms. The number of nitrogens with one attached hydrogen (secondary N) is 1. The van der Waals surface area contributed by atoms with Crippen molar-refractivity contribution in [3.8, 4) is 0 Å². The van der Waals surface area contributed by atoms with Gasteiger partial charge in [-0.1, -0.05) is 30.7 Å². The van der Waals surface area contributed by atoms with E-state index in [9.17, 15) is 14.7 Å². The molecule has 2 amide bonds. The zero-order valence-corrected chi connectivity index (χ0v) is 12.0. The topological polar surface area (TPSA) is 69.6 Å². The highest BCUT2D eigenvalue weighted by Crippen LogP contribution is 2.33. The third-order valence-corrected chi connectivity index (χ3v) is 4.16. The van der Waals surface area contributed by atoms with Crippen LogP contribution in [0.2, 0.25) is 5.02 Å². The maximum Gasteiger partial charge on any atom is 0.329 e. The van der Waals surface area contributed by atoms with Gasteiger partial charge < -0.3 is 15.3 Å². The molecule has 5 nitrogen and oxygen atoms in total. The van der Waals surface area contributed by atoms with Gasteiger partial charge in [-0.15, -0.1) is 0 Å². The van der Waals surface area contributed by atoms with Gasteiger partial charge in [0.2, 0.25) is 0 Å². The number of carboxylic acids is 1. The Morgan fingerprint density at radius 2 is 2.15 bits per heavy atom. The molecule has 0 saturated carbocycles. The number of halogens is 1. The van der Waals surface area contributed by atoms with E-state index in [0.717, 1.165) is 0 Å². The lowest BCUT2D eigenvalue weighted by Gasteiger charge is -2.33. The summed E-state index contributed by atoms with van der Waals surface area (Å²) in [6.45, 7) is 2.23. The van der Waals surface area contributed by atoms with Gasteiger partial charge in [-0.3, -0.25) is 0 Å². The molecule has 108 valence electrons. The van der Waals surface area contributed by atoms with Gasteiger partial charge in [0, 0.05) is 6.54 Å². The minimum atomic E-state index is -1.11. The van der Waals surface area contributed by atoms with Gasteiger partial charge in [-0.2, -0.15) is 0 Å². The Balaban J connectivity index is 2.21. The SMILES string of the molecule is CCC1(C(=O)O)CCCN1C(=O)Nc1ccccc1Cl. The Labute approximate surface area is 122 Å². The highest BCUT2D eigenvalue weighted by Gasteiger charge is 2.48. The summed E-state index contributed by atoms with van der Waals surface area (Å²) in [7, 11) is 0. The van der Waals surface area contributed by atoms with Crippen LogP contribution in [0.4, 0.5) is 10.5 Å². The lowest BCUT2D eigenvalue weighted by Crippen LogP contribution is -2.54. The van der Waals surface area contributed by atoms with Gasteiger partial charge in [0.1, 0.15) is 5.54 Å². The lowest BCUT2D eigenvalue weighted by molar-refractivity contribution is -0.148. The van der Waals surface area contributed by atoms with Crippen LogP contribution in [-0.4, -0.2) is 34.1 Å². The number of benzene rings is 1. The van der Waals surface area contributed by atoms with E-state index in [1.165, 1.54) is 4.90 Å². The number of carbonyl (C=O) groups is 2. The number of likely N-dealkylation sites (tertiary alicyclic amines) is 1. The molecule has 1 saturated heterocycles. The summed E-state index contributed by atoms with van der Waals surface area (Å²) in [5.41, 5.74) is -0.618. The molecule has 1 unspecified atom stereocenters. The Morgan fingerprint density at radius 3 is 2.75 bits per heavy atom. The minimum absolute atomic E-state index is 0.387. The summed E-state index contributed by atoms with van der Waals surface area (Å²) in [4.78, 5) is 25.3. The number of hydrogen-bond donors (Lipinski definition) is 2. The molecular formula is C14H17ClN2O3. The highest BCUT2D eigenvalue weighted by atomic mass is 35.5. The van der Waals surface area contributed by atoms with E-state index in [1.54, 1.807) is 31.2 Å². The van der Waals surface area contributed by atoms with E-state index in [1.807, 2.05) is 0 Å². The first-order chi connectivity index (χ1) is 9.51. The van der Waals surface area contributed by atoms with Crippen molar-refractivity contribution in [2.24, 2.45) is 0 Å². The molecule has 1 heterocycles. The van der Waals surface area contributed by atoms with Crippen LogP contribution in [0, 0.1) is 0 Å². The van der Waals surface area contributed by atoms with Gasteiger partial charge in [-0.05, 0) is 31.4 Å². The second kappa shape index (κ2) is 5.71. The quantitative estimate of drug-likeness (QED) is 0.900. The fraction of sp³-hybridized carbons (Fsp3) is 0.429. The number of carbonyl (C=O) groups excluding carboxylic acids is 1. The molecule has 0 aromatic heterocycles. The van der Waals surface area contributed by atoms with Gasteiger partial charge in [0.25, 0.3) is 0 Å². The van der Waals surface area contributed by atoms with Crippen LogP contribution in [0.15, 0.2) is 24.3 Å². The first kappa shape index (κ1) is 14.7. The summed E-state index contributed by atoms with van der Waals surface area (Å²) in [5.74, 6) is -0.952. The van der Waals surface area contributed by atoms with Crippen molar-refractivity contribution in [3.05, 3.63) is 29.3 Å². The molecule has 1 fully saturated rings. The molecule has 1 aliphatic heterocycles. The second-order valence-electron chi connectivity index (χ2n) is 4.86. The number of rotatable bonds is 3. The van der Waals surface area contributed by atoms with E-state index >= 15 is 0 Å². The number of aliphatic carboxylic acids is 1. The first-order valence-electron chi connectivity index (χ1n) is 6.58.